The standard InChI is InChI=1S/C17H14N2O3S/c1-21-13-5-2-4-12(10-13)15(20)11-23-17-8-7-14(18-19-17)16-6-3-9-22-16/h2-10H,11H2,1H3. The van der Waals surface area contributed by atoms with E-state index in [0.717, 1.165) is 0 Å². The van der Waals surface area contributed by atoms with Crippen molar-refractivity contribution in [3.8, 4) is 17.2 Å². The maximum atomic E-state index is 12.2. The summed E-state index contributed by atoms with van der Waals surface area (Å²) in [5, 5.41) is 8.90. The van der Waals surface area contributed by atoms with Gasteiger partial charge in [0.2, 0.25) is 0 Å². The van der Waals surface area contributed by atoms with E-state index in [4.69, 9.17) is 9.15 Å². The molecule has 5 nitrogen and oxygen atoms in total. The highest BCUT2D eigenvalue weighted by Gasteiger charge is 2.09. The van der Waals surface area contributed by atoms with Crippen molar-refractivity contribution >= 4 is 17.5 Å². The van der Waals surface area contributed by atoms with Crippen molar-refractivity contribution < 1.29 is 13.9 Å². The fourth-order valence-electron chi connectivity index (χ4n) is 1.97. The average Bonchev–Trinajstić information content (AvgIpc) is 3.15. The molecule has 2 heterocycles. The lowest BCUT2D eigenvalue weighted by molar-refractivity contribution is 0.102. The molecule has 0 amide bonds. The Bertz CT molecular complexity index is 786. The van der Waals surface area contributed by atoms with E-state index in [2.05, 4.69) is 10.2 Å². The van der Waals surface area contributed by atoms with Gasteiger partial charge in [-0.25, -0.2) is 0 Å². The lowest BCUT2D eigenvalue weighted by atomic mass is 10.1. The van der Waals surface area contributed by atoms with Crippen LogP contribution in [-0.4, -0.2) is 28.8 Å². The van der Waals surface area contributed by atoms with Crippen molar-refractivity contribution in [3.05, 3.63) is 60.4 Å². The van der Waals surface area contributed by atoms with Gasteiger partial charge in [-0.3, -0.25) is 4.79 Å². The third-order valence-corrected chi connectivity index (χ3v) is 4.08. The topological polar surface area (TPSA) is 65.2 Å². The molecule has 1 aromatic carbocycles. The Morgan fingerprint density at radius 3 is 2.78 bits per heavy atom. The predicted octanol–water partition coefficient (Wildman–Crippen LogP) is 3.72. The molecule has 0 saturated heterocycles. The number of hydrogen-bond donors (Lipinski definition) is 0. The normalized spacial score (nSPS) is 10.5. The molecule has 116 valence electrons. The summed E-state index contributed by atoms with van der Waals surface area (Å²) in [6, 6.07) is 14.4. The largest absolute Gasteiger partial charge is 0.497 e. The molecule has 6 heteroatoms. The van der Waals surface area contributed by atoms with Gasteiger partial charge in [0, 0.05) is 5.56 Å². The van der Waals surface area contributed by atoms with Gasteiger partial charge in [-0.15, -0.1) is 10.2 Å². The van der Waals surface area contributed by atoms with Gasteiger partial charge >= 0.3 is 0 Å². The summed E-state index contributed by atoms with van der Waals surface area (Å²) in [5.41, 5.74) is 1.29. The minimum atomic E-state index is 0.0193. The van der Waals surface area contributed by atoms with Crippen LogP contribution in [0, 0.1) is 0 Å². The molecule has 0 bridgehead atoms. The summed E-state index contributed by atoms with van der Waals surface area (Å²) in [6.07, 6.45) is 1.59. The Morgan fingerprint density at radius 2 is 2.09 bits per heavy atom. The molecule has 0 saturated carbocycles. The van der Waals surface area contributed by atoms with Crippen molar-refractivity contribution in [2.24, 2.45) is 0 Å². The summed E-state index contributed by atoms with van der Waals surface area (Å²) < 4.78 is 10.4. The molecule has 0 aliphatic rings. The van der Waals surface area contributed by atoms with Crippen LogP contribution in [0.4, 0.5) is 0 Å². The van der Waals surface area contributed by atoms with Gasteiger partial charge in [-0.2, -0.15) is 0 Å². The number of furan rings is 1. The summed E-state index contributed by atoms with van der Waals surface area (Å²) in [6.45, 7) is 0. The summed E-state index contributed by atoms with van der Waals surface area (Å²) in [7, 11) is 1.58. The van der Waals surface area contributed by atoms with Crippen molar-refractivity contribution in [2.75, 3.05) is 12.9 Å². The van der Waals surface area contributed by atoms with Crippen LogP contribution in [0.2, 0.25) is 0 Å². The number of carbonyl (C=O) groups excluding carboxylic acids is 1. The second-order valence-electron chi connectivity index (χ2n) is 4.68. The van der Waals surface area contributed by atoms with Gasteiger partial charge in [-0.05, 0) is 36.4 Å². The molecule has 0 N–H and O–H groups in total. The number of carbonyl (C=O) groups is 1. The monoisotopic (exact) mass is 326 g/mol. The lowest BCUT2D eigenvalue weighted by Crippen LogP contribution is -2.03. The first kappa shape index (κ1) is 15.3. The van der Waals surface area contributed by atoms with Crippen LogP contribution in [0.25, 0.3) is 11.5 Å². The molecule has 0 atom stereocenters. The number of methoxy groups -OCH3 is 1. The van der Waals surface area contributed by atoms with Crippen LogP contribution in [0.5, 0.6) is 5.75 Å². The Hall–Kier alpha value is -2.60. The van der Waals surface area contributed by atoms with Crippen molar-refractivity contribution in [2.45, 2.75) is 5.03 Å². The maximum Gasteiger partial charge on any atom is 0.173 e. The minimum Gasteiger partial charge on any atom is -0.497 e. The Kier molecular flexibility index (Phi) is 4.73. The number of benzene rings is 1. The maximum absolute atomic E-state index is 12.2. The first-order valence-electron chi connectivity index (χ1n) is 6.94. The number of aromatic nitrogens is 2. The number of ether oxygens (including phenoxy) is 1. The highest BCUT2D eigenvalue weighted by Crippen LogP contribution is 2.21. The zero-order valence-electron chi connectivity index (χ0n) is 12.4. The molecular formula is C17H14N2O3S. The summed E-state index contributed by atoms with van der Waals surface area (Å²) >= 11 is 1.35. The molecule has 2 aromatic heterocycles. The van der Waals surface area contributed by atoms with Gasteiger partial charge in [0.15, 0.2) is 11.5 Å². The average molecular weight is 326 g/mol. The van der Waals surface area contributed by atoms with E-state index in [1.54, 1.807) is 37.6 Å². The quantitative estimate of drug-likeness (QED) is 0.508. The molecule has 0 aliphatic carbocycles. The van der Waals surface area contributed by atoms with Crippen LogP contribution in [0.1, 0.15) is 10.4 Å². The zero-order chi connectivity index (χ0) is 16.1. The van der Waals surface area contributed by atoms with Gasteiger partial charge in [0.25, 0.3) is 0 Å². The van der Waals surface area contributed by atoms with Gasteiger partial charge in [0.05, 0.1) is 19.1 Å². The van der Waals surface area contributed by atoms with E-state index in [1.807, 2.05) is 24.3 Å². The predicted molar refractivity (Wildman–Crippen MR) is 87.8 cm³/mol. The van der Waals surface area contributed by atoms with Crippen LogP contribution in [0.3, 0.4) is 0 Å². The Labute approximate surface area is 137 Å². The third-order valence-electron chi connectivity index (χ3n) is 3.16. The number of rotatable bonds is 6. The number of Topliss-reactive ketones (excluding diaryl/α,β-unsaturated/α-hetero) is 1. The van der Waals surface area contributed by atoms with E-state index >= 15 is 0 Å². The van der Waals surface area contributed by atoms with Gasteiger partial charge < -0.3 is 9.15 Å². The van der Waals surface area contributed by atoms with Crippen molar-refractivity contribution in [3.63, 3.8) is 0 Å². The Morgan fingerprint density at radius 1 is 1.17 bits per heavy atom. The molecule has 23 heavy (non-hydrogen) atoms. The van der Waals surface area contributed by atoms with E-state index in [9.17, 15) is 4.79 Å². The van der Waals surface area contributed by atoms with Crippen molar-refractivity contribution in [1.29, 1.82) is 0 Å². The molecular weight excluding hydrogens is 312 g/mol. The lowest BCUT2D eigenvalue weighted by Gasteiger charge is -2.04. The minimum absolute atomic E-state index is 0.0193. The smallest absolute Gasteiger partial charge is 0.173 e. The summed E-state index contributed by atoms with van der Waals surface area (Å²) in [5.74, 6) is 1.65. The molecule has 3 aromatic rings. The molecule has 0 radical (unpaired) electrons. The van der Waals surface area contributed by atoms with Crippen molar-refractivity contribution in [1.82, 2.24) is 10.2 Å². The van der Waals surface area contributed by atoms with Crippen LogP contribution in [0.15, 0.2) is 64.2 Å². The fraction of sp³-hybridized carbons (Fsp3) is 0.118. The van der Waals surface area contributed by atoms with E-state index < -0.39 is 0 Å². The first-order chi connectivity index (χ1) is 11.3. The SMILES string of the molecule is COc1cccc(C(=O)CSc2ccc(-c3ccco3)nn2)c1. The highest BCUT2D eigenvalue weighted by atomic mass is 32.2. The van der Waals surface area contributed by atoms with E-state index in [-0.39, 0.29) is 5.78 Å². The number of nitrogens with zero attached hydrogens (tertiary/aromatic N) is 2. The van der Waals surface area contributed by atoms with Crippen LogP contribution in [-0.2, 0) is 0 Å². The van der Waals surface area contributed by atoms with Crippen LogP contribution >= 0.6 is 11.8 Å². The molecule has 3 rings (SSSR count). The fourth-order valence-corrected chi connectivity index (χ4v) is 2.68. The highest BCUT2D eigenvalue weighted by molar-refractivity contribution is 7.99. The number of ketones is 1. The first-order valence-corrected chi connectivity index (χ1v) is 7.92. The molecule has 0 aliphatic heterocycles. The molecule has 0 fully saturated rings. The number of thioether (sulfide) groups is 1. The third kappa shape index (κ3) is 3.78. The Balaban J connectivity index is 1.62. The molecule has 0 unspecified atom stereocenters. The van der Waals surface area contributed by atoms with Gasteiger partial charge in [0.1, 0.15) is 16.5 Å². The van der Waals surface area contributed by atoms with Gasteiger partial charge in [-0.1, -0.05) is 23.9 Å². The van der Waals surface area contributed by atoms with E-state index in [1.165, 1.54) is 11.8 Å². The molecule has 0 spiro atoms. The second-order valence-corrected chi connectivity index (χ2v) is 5.67. The van der Waals surface area contributed by atoms with E-state index in [0.29, 0.717) is 33.5 Å². The van der Waals surface area contributed by atoms with Crippen LogP contribution < -0.4 is 4.74 Å². The number of hydrogen-bond acceptors (Lipinski definition) is 6. The zero-order valence-corrected chi connectivity index (χ0v) is 13.2. The summed E-state index contributed by atoms with van der Waals surface area (Å²) in [4.78, 5) is 12.2. The second kappa shape index (κ2) is 7.11.